The summed E-state index contributed by atoms with van der Waals surface area (Å²) in [7, 11) is 0. The van der Waals surface area contributed by atoms with Gasteiger partial charge in [0.2, 0.25) is 0 Å². The molecule has 0 aliphatic heterocycles. The van der Waals surface area contributed by atoms with E-state index in [2.05, 4.69) is 20.3 Å². The molecule has 0 unspecified atom stereocenters. The Morgan fingerprint density at radius 1 is 1.00 bits per heavy atom. The van der Waals surface area contributed by atoms with Gasteiger partial charge in [0, 0.05) is 22.7 Å². The third-order valence-electron chi connectivity index (χ3n) is 3.40. The van der Waals surface area contributed by atoms with E-state index in [4.69, 9.17) is 0 Å². The van der Waals surface area contributed by atoms with Gasteiger partial charge in [-0.3, -0.25) is 0 Å². The fourth-order valence-corrected chi connectivity index (χ4v) is 2.46. The average molecular weight is 276 g/mol. The molecule has 0 atom stereocenters. The van der Waals surface area contributed by atoms with Gasteiger partial charge in [-0.25, -0.2) is 9.97 Å². The number of anilines is 2. The quantitative estimate of drug-likeness (QED) is 0.523. The molecule has 0 fully saturated rings. The van der Waals surface area contributed by atoms with Gasteiger partial charge in [0.25, 0.3) is 0 Å². The zero-order valence-electron chi connectivity index (χ0n) is 11.0. The first-order chi connectivity index (χ1) is 10.3. The Labute approximate surface area is 120 Å². The van der Waals surface area contributed by atoms with Crippen LogP contribution in [0.2, 0.25) is 0 Å². The molecule has 0 saturated heterocycles. The van der Waals surface area contributed by atoms with Gasteiger partial charge in [0.1, 0.15) is 23.1 Å². The number of para-hydroxylation sites is 1. The van der Waals surface area contributed by atoms with E-state index in [1.807, 2.05) is 30.3 Å². The maximum absolute atomic E-state index is 9.54. The predicted molar refractivity (Wildman–Crippen MR) is 82.8 cm³/mol. The summed E-state index contributed by atoms with van der Waals surface area (Å²) in [5.41, 5.74) is 3.52. The highest BCUT2D eigenvalue weighted by atomic mass is 16.3. The van der Waals surface area contributed by atoms with Crippen molar-refractivity contribution in [3.8, 4) is 5.75 Å². The molecular weight excluding hydrogens is 264 g/mol. The Hall–Kier alpha value is -3.08. The van der Waals surface area contributed by atoms with Crippen LogP contribution in [0.25, 0.3) is 21.9 Å². The molecule has 0 radical (unpaired) electrons. The molecule has 102 valence electrons. The second-order valence-electron chi connectivity index (χ2n) is 4.79. The highest BCUT2D eigenvalue weighted by Crippen LogP contribution is 2.29. The normalized spacial score (nSPS) is 11.0. The summed E-state index contributed by atoms with van der Waals surface area (Å²) in [5.74, 6) is 0.892. The van der Waals surface area contributed by atoms with Crippen molar-refractivity contribution in [2.24, 2.45) is 0 Å². The Morgan fingerprint density at radius 3 is 2.81 bits per heavy atom. The molecule has 2 aromatic carbocycles. The Kier molecular flexibility index (Phi) is 2.50. The molecule has 0 bridgehead atoms. The molecule has 0 aliphatic rings. The second-order valence-corrected chi connectivity index (χ2v) is 4.79. The van der Waals surface area contributed by atoms with Crippen molar-refractivity contribution in [3.05, 3.63) is 54.9 Å². The van der Waals surface area contributed by atoms with Crippen molar-refractivity contribution in [3.63, 3.8) is 0 Å². The van der Waals surface area contributed by atoms with Crippen molar-refractivity contribution >= 4 is 33.4 Å². The molecule has 0 spiro atoms. The number of aromatic hydroxyl groups is 1. The fourth-order valence-electron chi connectivity index (χ4n) is 2.46. The van der Waals surface area contributed by atoms with E-state index in [1.165, 1.54) is 6.33 Å². The highest BCUT2D eigenvalue weighted by molar-refractivity contribution is 6.08. The molecule has 2 heterocycles. The van der Waals surface area contributed by atoms with Crippen LogP contribution in [-0.2, 0) is 0 Å². The van der Waals surface area contributed by atoms with E-state index in [9.17, 15) is 5.11 Å². The monoisotopic (exact) mass is 276 g/mol. The number of nitrogens with one attached hydrogen (secondary N) is 2. The Bertz CT molecular complexity index is 945. The molecule has 4 rings (SSSR count). The van der Waals surface area contributed by atoms with E-state index in [1.54, 1.807) is 18.2 Å². The molecule has 4 aromatic rings. The molecule has 21 heavy (non-hydrogen) atoms. The summed E-state index contributed by atoms with van der Waals surface area (Å²) in [6, 6.07) is 14.9. The van der Waals surface area contributed by atoms with Crippen molar-refractivity contribution in [1.29, 1.82) is 0 Å². The Morgan fingerprint density at radius 2 is 1.90 bits per heavy atom. The summed E-state index contributed by atoms with van der Waals surface area (Å²) in [4.78, 5) is 12.0. The maximum atomic E-state index is 9.54. The largest absolute Gasteiger partial charge is 0.508 e. The number of rotatable bonds is 2. The zero-order valence-corrected chi connectivity index (χ0v) is 11.0. The zero-order chi connectivity index (χ0) is 14.2. The molecule has 3 N–H and O–H groups in total. The second kappa shape index (κ2) is 4.49. The van der Waals surface area contributed by atoms with Crippen LogP contribution in [0.3, 0.4) is 0 Å². The maximum Gasteiger partial charge on any atom is 0.158 e. The van der Waals surface area contributed by atoms with Crippen LogP contribution in [0.5, 0.6) is 5.75 Å². The van der Waals surface area contributed by atoms with Gasteiger partial charge in [-0.15, -0.1) is 0 Å². The van der Waals surface area contributed by atoms with Crippen LogP contribution in [-0.4, -0.2) is 20.1 Å². The van der Waals surface area contributed by atoms with Crippen molar-refractivity contribution in [1.82, 2.24) is 15.0 Å². The van der Waals surface area contributed by atoms with E-state index in [-0.39, 0.29) is 5.75 Å². The summed E-state index contributed by atoms with van der Waals surface area (Å²) >= 11 is 0. The minimum Gasteiger partial charge on any atom is -0.508 e. The number of fused-ring (bicyclic) bond motifs is 3. The summed E-state index contributed by atoms with van der Waals surface area (Å²) < 4.78 is 0. The standard InChI is InChI=1S/C16H12N4O/c21-11-5-3-4-10(8-11)19-16-15-14(17-9-18-16)12-6-1-2-7-13(12)20-15/h1-9,20-21H,(H,17,18,19). The minimum atomic E-state index is 0.210. The number of nitrogens with zero attached hydrogens (tertiary/aromatic N) is 2. The van der Waals surface area contributed by atoms with Crippen molar-refractivity contribution in [2.45, 2.75) is 0 Å². The van der Waals surface area contributed by atoms with E-state index in [0.717, 1.165) is 27.6 Å². The SMILES string of the molecule is Oc1cccc(Nc2ncnc3c2[nH]c2ccccc23)c1. The topological polar surface area (TPSA) is 73.8 Å². The lowest BCUT2D eigenvalue weighted by Gasteiger charge is -2.06. The first kappa shape index (κ1) is 11.7. The van der Waals surface area contributed by atoms with E-state index < -0.39 is 0 Å². The van der Waals surface area contributed by atoms with Gasteiger partial charge in [0.05, 0.1) is 0 Å². The first-order valence-electron chi connectivity index (χ1n) is 6.59. The number of phenolic OH excluding ortho intramolecular Hbond substituents is 1. The van der Waals surface area contributed by atoms with E-state index in [0.29, 0.717) is 5.82 Å². The van der Waals surface area contributed by atoms with Crippen LogP contribution >= 0.6 is 0 Å². The lowest BCUT2D eigenvalue weighted by atomic mass is 10.2. The number of H-pyrrole nitrogens is 1. The number of hydrogen-bond acceptors (Lipinski definition) is 4. The summed E-state index contributed by atoms with van der Waals surface area (Å²) in [6.45, 7) is 0. The van der Waals surface area contributed by atoms with Gasteiger partial charge in [-0.2, -0.15) is 0 Å². The highest BCUT2D eigenvalue weighted by Gasteiger charge is 2.10. The first-order valence-corrected chi connectivity index (χ1v) is 6.59. The van der Waals surface area contributed by atoms with Gasteiger partial charge < -0.3 is 15.4 Å². The van der Waals surface area contributed by atoms with Gasteiger partial charge in [0.15, 0.2) is 5.82 Å². The van der Waals surface area contributed by atoms with Crippen LogP contribution < -0.4 is 5.32 Å². The minimum absolute atomic E-state index is 0.210. The third-order valence-corrected chi connectivity index (χ3v) is 3.40. The third kappa shape index (κ3) is 1.95. The molecular formula is C16H12N4O. The van der Waals surface area contributed by atoms with Crippen LogP contribution in [0.4, 0.5) is 11.5 Å². The molecule has 5 heteroatoms. The average Bonchev–Trinajstić information content (AvgIpc) is 2.87. The number of hydrogen-bond donors (Lipinski definition) is 3. The Balaban J connectivity index is 1.89. The lowest BCUT2D eigenvalue weighted by molar-refractivity contribution is 0.475. The van der Waals surface area contributed by atoms with E-state index >= 15 is 0 Å². The number of phenols is 1. The van der Waals surface area contributed by atoms with Gasteiger partial charge >= 0.3 is 0 Å². The summed E-state index contributed by atoms with van der Waals surface area (Å²) in [5, 5.41) is 13.8. The van der Waals surface area contributed by atoms with Crippen LogP contribution in [0.15, 0.2) is 54.9 Å². The van der Waals surface area contributed by atoms with Crippen LogP contribution in [0.1, 0.15) is 0 Å². The smallest absolute Gasteiger partial charge is 0.158 e. The van der Waals surface area contributed by atoms with Crippen molar-refractivity contribution in [2.75, 3.05) is 5.32 Å². The molecule has 5 nitrogen and oxygen atoms in total. The molecule has 0 saturated carbocycles. The molecule has 0 aliphatic carbocycles. The lowest BCUT2D eigenvalue weighted by Crippen LogP contribution is -1.95. The number of aromatic amines is 1. The summed E-state index contributed by atoms with van der Waals surface area (Å²) in [6.07, 6.45) is 1.54. The van der Waals surface area contributed by atoms with Gasteiger partial charge in [-0.1, -0.05) is 24.3 Å². The molecule has 2 aromatic heterocycles. The number of benzene rings is 2. The van der Waals surface area contributed by atoms with Gasteiger partial charge in [-0.05, 0) is 18.2 Å². The van der Waals surface area contributed by atoms with Crippen molar-refractivity contribution < 1.29 is 5.11 Å². The fraction of sp³-hybridized carbons (Fsp3) is 0. The van der Waals surface area contributed by atoms with Crippen LogP contribution in [0, 0.1) is 0 Å². The molecule has 0 amide bonds. The predicted octanol–water partition coefficient (Wildman–Crippen LogP) is 3.56. The number of aromatic nitrogens is 3.